The molecule has 2 fully saturated rings. The monoisotopic (exact) mass is 268 g/mol. The summed E-state index contributed by atoms with van der Waals surface area (Å²) in [6.45, 7) is 6.61. The fourth-order valence-electron chi connectivity index (χ4n) is 4.00. The first-order valence-corrected chi connectivity index (χ1v) is 8.17. The fourth-order valence-corrected chi connectivity index (χ4v) is 4.00. The maximum atomic E-state index is 6.10. The van der Waals surface area contributed by atoms with Crippen molar-refractivity contribution in [1.29, 1.82) is 0 Å². The third-order valence-electron chi connectivity index (χ3n) is 5.37. The Kier molecular flexibility index (Phi) is 6.11. The van der Waals surface area contributed by atoms with E-state index in [2.05, 4.69) is 11.8 Å². The minimum atomic E-state index is 0.635. The van der Waals surface area contributed by atoms with E-state index in [0.29, 0.717) is 6.04 Å². The SMILES string of the molecule is COCC1CCN(C(CN)C2CCC(C)CC2)CC1. The molecular weight excluding hydrogens is 236 g/mol. The van der Waals surface area contributed by atoms with Gasteiger partial charge in [0.05, 0.1) is 0 Å². The summed E-state index contributed by atoms with van der Waals surface area (Å²) in [7, 11) is 1.82. The molecule has 3 nitrogen and oxygen atoms in total. The van der Waals surface area contributed by atoms with Crippen LogP contribution in [-0.2, 0) is 4.74 Å². The average Bonchev–Trinajstić information content (AvgIpc) is 2.44. The number of hydrogen-bond acceptors (Lipinski definition) is 3. The summed E-state index contributed by atoms with van der Waals surface area (Å²) in [5, 5.41) is 0. The molecule has 0 radical (unpaired) electrons. The van der Waals surface area contributed by atoms with Gasteiger partial charge in [-0.05, 0) is 56.5 Å². The average molecular weight is 268 g/mol. The van der Waals surface area contributed by atoms with Crippen molar-refractivity contribution in [2.75, 3.05) is 33.4 Å². The predicted octanol–water partition coefficient (Wildman–Crippen LogP) is 2.50. The largest absolute Gasteiger partial charge is 0.384 e. The molecule has 1 saturated carbocycles. The van der Waals surface area contributed by atoms with Crippen LogP contribution in [0.2, 0.25) is 0 Å². The third kappa shape index (κ3) is 4.17. The molecule has 1 heterocycles. The summed E-state index contributed by atoms with van der Waals surface area (Å²) in [6.07, 6.45) is 8.16. The molecular formula is C16H32N2O. The summed E-state index contributed by atoms with van der Waals surface area (Å²) in [4.78, 5) is 2.67. The first-order valence-electron chi connectivity index (χ1n) is 8.17. The number of rotatable bonds is 5. The molecule has 2 N–H and O–H groups in total. The number of methoxy groups -OCH3 is 1. The van der Waals surface area contributed by atoms with Gasteiger partial charge in [0.25, 0.3) is 0 Å². The Morgan fingerprint density at radius 3 is 2.26 bits per heavy atom. The highest BCUT2D eigenvalue weighted by atomic mass is 16.5. The number of nitrogens with zero attached hydrogens (tertiary/aromatic N) is 1. The Morgan fingerprint density at radius 2 is 1.74 bits per heavy atom. The van der Waals surface area contributed by atoms with E-state index >= 15 is 0 Å². The summed E-state index contributed by atoms with van der Waals surface area (Å²) in [6, 6.07) is 0.635. The van der Waals surface area contributed by atoms with Gasteiger partial charge in [-0.25, -0.2) is 0 Å². The predicted molar refractivity (Wildman–Crippen MR) is 80.1 cm³/mol. The lowest BCUT2D eigenvalue weighted by molar-refractivity contribution is 0.0525. The highest BCUT2D eigenvalue weighted by Crippen LogP contribution is 2.33. The van der Waals surface area contributed by atoms with Gasteiger partial charge in [-0.15, -0.1) is 0 Å². The van der Waals surface area contributed by atoms with Gasteiger partial charge in [-0.2, -0.15) is 0 Å². The van der Waals surface area contributed by atoms with Gasteiger partial charge in [0.2, 0.25) is 0 Å². The van der Waals surface area contributed by atoms with Gasteiger partial charge in [-0.1, -0.05) is 19.8 Å². The first-order chi connectivity index (χ1) is 9.24. The second kappa shape index (κ2) is 7.61. The van der Waals surface area contributed by atoms with Crippen LogP contribution in [0.1, 0.15) is 45.4 Å². The molecule has 3 heteroatoms. The molecule has 1 aliphatic heterocycles. The van der Waals surface area contributed by atoms with Gasteiger partial charge >= 0.3 is 0 Å². The van der Waals surface area contributed by atoms with Gasteiger partial charge in [0.1, 0.15) is 0 Å². The summed E-state index contributed by atoms with van der Waals surface area (Å²) in [5.41, 5.74) is 6.10. The van der Waals surface area contributed by atoms with Crippen molar-refractivity contribution < 1.29 is 4.74 Å². The Bertz CT molecular complexity index is 243. The van der Waals surface area contributed by atoms with Crippen molar-refractivity contribution in [2.45, 2.75) is 51.5 Å². The van der Waals surface area contributed by atoms with Gasteiger partial charge in [-0.3, -0.25) is 4.90 Å². The van der Waals surface area contributed by atoms with Crippen LogP contribution in [0.25, 0.3) is 0 Å². The Hall–Kier alpha value is -0.120. The lowest BCUT2D eigenvalue weighted by atomic mass is 9.78. The van der Waals surface area contributed by atoms with Crippen LogP contribution in [0.4, 0.5) is 0 Å². The van der Waals surface area contributed by atoms with Gasteiger partial charge in [0, 0.05) is 26.3 Å². The van der Waals surface area contributed by atoms with Gasteiger partial charge in [0.15, 0.2) is 0 Å². The molecule has 1 aliphatic carbocycles. The van der Waals surface area contributed by atoms with Crippen molar-refractivity contribution >= 4 is 0 Å². The van der Waals surface area contributed by atoms with E-state index in [9.17, 15) is 0 Å². The van der Waals surface area contributed by atoms with Crippen molar-refractivity contribution in [3.05, 3.63) is 0 Å². The second-order valence-corrected chi connectivity index (χ2v) is 6.76. The van der Waals surface area contributed by atoms with Gasteiger partial charge < -0.3 is 10.5 Å². The maximum absolute atomic E-state index is 6.10. The molecule has 0 aromatic heterocycles. The van der Waals surface area contributed by atoms with E-state index in [1.165, 1.54) is 51.6 Å². The first kappa shape index (κ1) is 15.3. The lowest BCUT2D eigenvalue weighted by Crippen LogP contribution is -2.50. The maximum Gasteiger partial charge on any atom is 0.0491 e. The number of likely N-dealkylation sites (tertiary alicyclic amines) is 1. The van der Waals surface area contributed by atoms with Crippen molar-refractivity contribution in [3.8, 4) is 0 Å². The highest BCUT2D eigenvalue weighted by molar-refractivity contribution is 4.86. The van der Waals surface area contributed by atoms with Crippen LogP contribution in [0, 0.1) is 17.8 Å². The quantitative estimate of drug-likeness (QED) is 0.832. The molecule has 1 saturated heterocycles. The van der Waals surface area contributed by atoms with Crippen LogP contribution in [-0.4, -0.2) is 44.3 Å². The molecule has 2 rings (SSSR count). The summed E-state index contributed by atoms with van der Waals surface area (Å²) >= 11 is 0. The zero-order valence-electron chi connectivity index (χ0n) is 12.8. The van der Waals surface area contributed by atoms with Crippen LogP contribution in [0.15, 0.2) is 0 Å². The fraction of sp³-hybridized carbons (Fsp3) is 1.00. The lowest BCUT2D eigenvalue weighted by Gasteiger charge is -2.42. The topological polar surface area (TPSA) is 38.5 Å². The standard InChI is InChI=1S/C16H32N2O/c1-13-3-5-15(6-4-13)16(11-17)18-9-7-14(8-10-18)12-19-2/h13-16H,3-12,17H2,1-2H3. The summed E-state index contributed by atoms with van der Waals surface area (Å²) < 4.78 is 5.29. The molecule has 19 heavy (non-hydrogen) atoms. The van der Waals surface area contributed by atoms with Crippen molar-refractivity contribution in [2.24, 2.45) is 23.5 Å². The van der Waals surface area contributed by atoms with Crippen LogP contribution in [0.5, 0.6) is 0 Å². The number of nitrogens with two attached hydrogens (primary N) is 1. The zero-order valence-corrected chi connectivity index (χ0v) is 12.8. The smallest absolute Gasteiger partial charge is 0.0491 e. The molecule has 1 unspecified atom stereocenters. The molecule has 2 aliphatic rings. The molecule has 0 spiro atoms. The Labute approximate surface area is 118 Å². The highest BCUT2D eigenvalue weighted by Gasteiger charge is 2.31. The molecule has 0 aromatic rings. The van der Waals surface area contributed by atoms with Crippen LogP contribution < -0.4 is 5.73 Å². The van der Waals surface area contributed by atoms with E-state index in [1.54, 1.807) is 0 Å². The summed E-state index contributed by atoms with van der Waals surface area (Å²) in [5.74, 6) is 2.55. The van der Waals surface area contributed by atoms with E-state index < -0.39 is 0 Å². The van der Waals surface area contributed by atoms with Crippen LogP contribution in [0.3, 0.4) is 0 Å². The normalized spacial score (nSPS) is 32.4. The Balaban J connectivity index is 1.82. The van der Waals surface area contributed by atoms with E-state index in [-0.39, 0.29) is 0 Å². The Morgan fingerprint density at radius 1 is 1.11 bits per heavy atom. The molecule has 1 atom stereocenters. The molecule has 0 bridgehead atoms. The minimum absolute atomic E-state index is 0.635. The molecule has 0 amide bonds. The second-order valence-electron chi connectivity index (χ2n) is 6.76. The number of ether oxygens (including phenoxy) is 1. The molecule has 112 valence electrons. The van der Waals surface area contributed by atoms with E-state index in [4.69, 9.17) is 10.5 Å². The number of piperidine rings is 1. The number of hydrogen-bond donors (Lipinski definition) is 1. The van der Waals surface area contributed by atoms with E-state index in [0.717, 1.165) is 30.9 Å². The van der Waals surface area contributed by atoms with Crippen molar-refractivity contribution in [1.82, 2.24) is 4.90 Å². The zero-order chi connectivity index (χ0) is 13.7. The van der Waals surface area contributed by atoms with Crippen molar-refractivity contribution in [3.63, 3.8) is 0 Å². The van der Waals surface area contributed by atoms with Crippen LogP contribution >= 0.6 is 0 Å². The molecule has 0 aromatic carbocycles. The minimum Gasteiger partial charge on any atom is -0.384 e. The van der Waals surface area contributed by atoms with E-state index in [1.807, 2.05) is 7.11 Å². The third-order valence-corrected chi connectivity index (χ3v) is 5.37.